The summed E-state index contributed by atoms with van der Waals surface area (Å²) in [5.74, 6) is 0.107. The standard InChI is InChI=1S/C16H25NO2/c1-12-7-8-15(14(3)13(12)2)9-10-17(4)16(19)6-5-11-18/h7-8,18H,5-6,9-11H2,1-4H3. The van der Waals surface area contributed by atoms with Gasteiger partial charge in [-0.1, -0.05) is 12.1 Å². The molecule has 3 heteroatoms. The summed E-state index contributed by atoms with van der Waals surface area (Å²) >= 11 is 0. The molecule has 0 saturated carbocycles. The van der Waals surface area contributed by atoms with Crippen LogP contribution in [0.15, 0.2) is 12.1 Å². The first-order valence-electron chi connectivity index (χ1n) is 6.88. The van der Waals surface area contributed by atoms with Crippen LogP contribution in [0.4, 0.5) is 0 Å². The van der Waals surface area contributed by atoms with E-state index < -0.39 is 0 Å². The molecule has 0 radical (unpaired) electrons. The molecule has 1 aromatic rings. The zero-order chi connectivity index (χ0) is 14.4. The maximum Gasteiger partial charge on any atom is 0.222 e. The zero-order valence-corrected chi connectivity index (χ0v) is 12.5. The van der Waals surface area contributed by atoms with Gasteiger partial charge in [-0.25, -0.2) is 0 Å². The third-order valence-electron chi connectivity index (χ3n) is 3.86. The van der Waals surface area contributed by atoms with Crippen molar-refractivity contribution in [3.8, 4) is 0 Å². The lowest BCUT2D eigenvalue weighted by Gasteiger charge is -2.18. The first kappa shape index (κ1) is 15.7. The number of nitrogens with zero attached hydrogens (tertiary/aromatic N) is 1. The van der Waals surface area contributed by atoms with Crippen LogP contribution < -0.4 is 0 Å². The largest absolute Gasteiger partial charge is 0.396 e. The Morgan fingerprint density at radius 1 is 1.21 bits per heavy atom. The number of hydrogen-bond acceptors (Lipinski definition) is 2. The van der Waals surface area contributed by atoms with Crippen molar-refractivity contribution in [2.45, 2.75) is 40.0 Å². The van der Waals surface area contributed by atoms with Gasteiger partial charge >= 0.3 is 0 Å². The van der Waals surface area contributed by atoms with Crippen molar-refractivity contribution in [3.63, 3.8) is 0 Å². The van der Waals surface area contributed by atoms with Crippen molar-refractivity contribution in [2.24, 2.45) is 0 Å². The third-order valence-corrected chi connectivity index (χ3v) is 3.86. The minimum Gasteiger partial charge on any atom is -0.396 e. The molecule has 1 aromatic carbocycles. The molecule has 3 nitrogen and oxygen atoms in total. The lowest BCUT2D eigenvalue weighted by atomic mass is 9.97. The van der Waals surface area contributed by atoms with E-state index in [1.807, 2.05) is 7.05 Å². The second-order valence-electron chi connectivity index (χ2n) is 5.18. The number of carbonyl (C=O) groups is 1. The SMILES string of the molecule is Cc1ccc(CCN(C)C(=O)CCCO)c(C)c1C. The average Bonchev–Trinajstić information content (AvgIpc) is 2.41. The minimum absolute atomic E-state index is 0.0792. The van der Waals surface area contributed by atoms with E-state index in [1.54, 1.807) is 4.90 Å². The molecule has 0 spiro atoms. The topological polar surface area (TPSA) is 40.5 Å². The highest BCUT2D eigenvalue weighted by molar-refractivity contribution is 5.75. The van der Waals surface area contributed by atoms with Gasteiger partial charge in [0, 0.05) is 26.6 Å². The Balaban J connectivity index is 2.57. The van der Waals surface area contributed by atoms with E-state index in [2.05, 4.69) is 32.9 Å². The summed E-state index contributed by atoms with van der Waals surface area (Å²) in [7, 11) is 1.83. The third kappa shape index (κ3) is 4.35. The van der Waals surface area contributed by atoms with E-state index >= 15 is 0 Å². The monoisotopic (exact) mass is 263 g/mol. The summed E-state index contributed by atoms with van der Waals surface area (Å²) in [6.45, 7) is 7.22. The Hall–Kier alpha value is -1.35. The molecule has 1 N–H and O–H groups in total. The number of amides is 1. The number of hydrogen-bond donors (Lipinski definition) is 1. The summed E-state index contributed by atoms with van der Waals surface area (Å²) < 4.78 is 0. The van der Waals surface area contributed by atoms with Crippen molar-refractivity contribution in [1.29, 1.82) is 0 Å². The summed E-state index contributed by atoms with van der Waals surface area (Å²) in [6, 6.07) is 4.30. The molecule has 1 rings (SSSR count). The first-order valence-corrected chi connectivity index (χ1v) is 6.88. The predicted octanol–water partition coefficient (Wildman–Crippen LogP) is 2.39. The number of aliphatic hydroxyl groups is 1. The summed E-state index contributed by atoms with van der Waals surface area (Å²) in [6.07, 6.45) is 1.86. The van der Waals surface area contributed by atoms with Gasteiger partial charge in [-0.15, -0.1) is 0 Å². The first-order chi connectivity index (χ1) is 8.97. The van der Waals surface area contributed by atoms with E-state index in [9.17, 15) is 4.79 Å². The second kappa shape index (κ2) is 7.29. The van der Waals surface area contributed by atoms with Crippen LogP contribution >= 0.6 is 0 Å². The van der Waals surface area contributed by atoms with Crippen LogP contribution in [0.3, 0.4) is 0 Å². The molecule has 0 unspecified atom stereocenters. The van der Waals surface area contributed by atoms with Gasteiger partial charge in [-0.2, -0.15) is 0 Å². The van der Waals surface area contributed by atoms with Crippen LogP contribution in [0, 0.1) is 20.8 Å². The van der Waals surface area contributed by atoms with Crippen LogP contribution in [0.25, 0.3) is 0 Å². The van der Waals surface area contributed by atoms with Gasteiger partial charge in [-0.3, -0.25) is 4.79 Å². The average molecular weight is 263 g/mol. The fourth-order valence-electron chi connectivity index (χ4n) is 2.12. The van der Waals surface area contributed by atoms with E-state index in [4.69, 9.17) is 5.11 Å². The molecule has 0 aliphatic carbocycles. The van der Waals surface area contributed by atoms with Crippen LogP contribution in [-0.4, -0.2) is 36.1 Å². The molecule has 106 valence electrons. The molecule has 19 heavy (non-hydrogen) atoms. The molecular formula is C16H25NO2. The molecule has 0 aromatic heterocycles. The van der Waals surface area contributed by atoms with Gasteiger partial charge in [0.25, 0.3) is 0 Å². The quantitative estimate of drug-likeness (QED) is 0.856. The van der Waals surface area contributed by atoms with E-state index in [1.165, 1.54) is 22.3 Å². The molecule has 0 atom stereocenters. The number of aryl methyl sites for hydroxylation is 1. The molecule has 0 saturated heterocycles. The maximum absolute atomic E-state index is 11.7. The van der Waals surface area contributed by atoms with Crippen molar-refractivity contribution >= 4 is 5.91 Å². The Morgan fingerprint density at radius 2 is 1.89 bits per heavy atom. The number of carbonyl (C=O) groups excluding carboxylic acids is 1. The maximum atomic E-state index is 11.7. The van der Waals surface area contributed by atoms with Crippen LogP contribution in [-0.2, 0) is 11.2 Å². The molecular weight excluding hydrogens is 238 g/mol. The highest BCUT2D eigenvalue weighted by Crippen LogP contribution is 2.17. The highest BCUT2D eigenvalue weighted by atomic mass is 16.3. The van der Waals surface area contributed by atoms with Crippen LogP contribution in [0.1, 0.15) is 35.1 Å². The Bertz CT molecular complexity index is 441. The molecule has 0 bridgehead atoms. The molecule has 0 heterocycles. The second-order valence-corrected chi connectivity index (χ2v) is 5.18. The van der Waals surface area contributed by atoms with Crippen molar-refractivity contribution in [2.75, 3.05) is 20.2 Å². The van der Waals surface area contributed by atoms with Gasteiger partial charge in [0.05, 0.1) is 0 Å². The van der Waals surface area contributed by atoms with Crippen LogP contribution in [0.2, 0.25) is 0 Å². The number of rotatable bonds is 6. The Morgan fingerprint density at radius 3 is 2.53 bits per heavy atom. The molecule has 0 aliphatic heterocycles. The van der Waals surface area contributed by atoms with E-state index in [-0.39, 0.29) is 12.5 Å². The van der Waals surface area contributed by atoms with Crippen LogP contribution in [0.5, 0.6) is 0 Å². The number of aliphatic hydroxyl groups excluding tert-OH is 1. The van der Waals surface area contributed by atoms with Gasteiger partial charge in [0.1, 0.15) is 0 Å². The fourth-order valence-corrected chi connectivity index (χ4v) is 2.12. The van der Waals surface area contributed by atoms with Gasteiger partial charge in [0.15, 0.2) is 0 Å². The van der Waals surface area contributed by atoms with E-state index in [0.29, 0.717) is 12.8 Å². The van der Waals surface area contributed by atoms with Crippen molar-refractivity contribution in [3.05, 3.63) is 34.4 Å². The van der Waals surface area contributed by atoms with Gasteiger partial charge in [-0.05, 0) is 55.9 Å². The minimum atomic E-state index is 0.0792. The Labute approximate surface area is 116 Å². The lowest BCUT2D eigenvalue weighted by molar-refractivity contribution is -0.130. The summed E-state index contributed by atoms with van der Waals surface area (Å²) in [5, 5.41) is 8.73. The lowest BCUT2D eigenvalue weighted by Crippen LogP contribution is -2.28. The molecule has 1 amide bonds. The normalized spacial score (nSPS) is 10.6. The van der Waals surface area contributed by atoms with Crippen molar-refractivity contribution < 1.29 is 9.90 Å². The fraction of sp³-hybridized carbons (Fsp3) is 0.562. The van der Waals surface area contributed by atoms with Gasteiger partial charge in [0.2, 0.25) is 5.91 Å². The molecule has 0 aliphatic rings. The van der Waals surface area contributed by atoms with E-state index in [0.717, 1.165) is 13.0 Å². The smallest absolute Gasteiger partial charge is 0.222 e. The summed E-state index contributed by atoms with van der Waals surface area (Å²) in [5.41, 5.74) is 5.29. The molecule has 0 fully saturated rings. The number of benzene rings is 1. The number of likely N-dealkylation sites (N-methyl/N-ethyl adjacent to an activating group) is 1. The predicted molar refractivity (Wildman–Crippen MR) is 78.3 cm³/mol. The van der Waals surface area contributed by atoms with Crippen molar-refractivity contribution in [1.82, 2.24) is 4.90 Å². The van der Waals surface area contributed by atoms with Gasteiger partial charge < -0.3 is 10.0 Å². The highest BCUT2D eigenvalue weighted by Gasteiger charge is 2.09. The summed E-state index contributed by atoms with van der Waals surface area (Å²) in [4.78, 5) is 13.5. The Kier molecular flexibility index (Phi) is 6.03. The zero-order valence-electron chi connectivity index (χ0n) is 12.5.